The molecular weight excluding hydrogens is 479 g/mol. The lowest BCUT2D eigenvalue weighted by Gasteiger charge is -2.04. The van der Waals surface area contributed by atoms with E-state index in [2.05, 4.69) is 54.5 Å². The maximum atomic E-state index is 12.3. The molecule has 0 unspecified atom stereocenters. The molecule has 0 atom stereocenters. The van der Waals surface area contributed by atoms with Gasteiger partial charge in [0.2, 0.25) is 5.78 Å². The van der Waals surface area contributed by atoms with Gasteiger partial charge in [0.25, 0.3) is 0 Å². The second-order valence-electron chi connectivity index (χ2n) is 3.50. The lowest BCUT2D eigenvalue weighted by molar-refractivity contribution is 0.104. The van der Waals surface area contributed by atoms with Crippen LogP contribution in [-0.4, -0.2) is 5.78 Å². The molecule has 1 nitrogen and oxygen atoms in total. The predicted molar refractivity (Wildman–Crippen MR) is 87.0 cm³/mol. The number of halogens is 3. The van der Waals surface area contributed by atoms with Crippen LogP contribution in [0.15, 0.2) is 32.5 Å². The van der Waals surface area contributed by atoms with Gasteiger partial charge in [-0.15, -0.1) is 11.3 Å². The van der Waals surface area contributed by atoms with Gasteiger partial charge < -0.3 is 0 Å². The topological polar surface area (TPSA) is 17.1 Å². The molecule has 0 spiro atoms. The van der Waals surface area contributed by atoms with Gasteiger partial charge >= 0.3 is 0 Å². The van der Waals surface area contributed by atoms with Crippen molar-refractivity contribution < 1.29 is 4.79 Å². The normalized spacial score (nSPS) is 10.6. The number of aryl methyl sites for hydroxylation is 1. The van der Waals surface area contributed by atoms with Crippen LogP contribution in [0.2, 0.25) is 0 Å². The number of carbonyl (C=O) groups is 1. The minimum Gasteiger partial charge on any atom is -0.288 e. The van der Waals surface area contributed by atoms with Crippen molar-refractivity contribution in [2.24, 2.45) is 0 Å². The van der Waals surface area contributed by atoms with Crippen LogP contribution in [0.25, 0.3) is 0 Å². The summed E-state index contributed by atoms with van der Waals surface area (Å²) in [6.45, 7) is 2.01. The predicted octanol–water partition coefficient (Wildman–Crippen LogP) is 5.42. The van der Waals surface area contributed by atoms with E-state index >= 15 is 0 Å². The summed E-state index contributed by atoms with van der Waals surface area (Å²) >= 11 is 10.5. The first kappa shape index (κ1) is 13.7. The van der Waals surface area contributed by atoms with E-state index in [9.17, 15) is 4.79 Å². The van der Waals surface area contributed by atoms with Crippen molar-refractivity contribution in [3.63, 3.8) is 0 Å². The molecular formula is C12H7Br2IOS. The Balaban J connectivity index is 2.47. The van der Waals surface area contributed by atoms with E-state index in [1.807, 2.05) is 31.2 Å². The summed E-state index contributed by atoms with van der Waals surface area (Å²) in [4.78, 5) is 13.1. The molecule has 0 aliphatic carbocycles. The minimum atomic E-state index is 0.0782. The van der Waals surface area contributed by atoms with Gasteiger partial charge in [-0.2, -0.15) is 0 Å². The Morgan fingerprint density at radius 1 is 1.35 bits per heavy atom. The minimum absolute atomic E-state index is 0.0782. The highest BCUT2D eigenvalue weighted by atomic mass is 127. The summed E-state index contributed by atoms with van der Waals surface area (Å²) in [6.07, 6.45) is 0. The van der Waals surface area contributed by atoms with Crippen LogP contribution in [0, 0.1) is 10.5 Å². The van der Waals surface area contributed by atoms with Crippen LogP contribution in [0.4, 0.5) is 0 Å². The highest BCUT2D eigenvalue weighted by Gasteiger charge is 2.17. The third-order valence-corrected chi connectivity index (χ3v) is 6.99. The average molecular weight is 486 g/mol. The summed E-state index contributed by atoms with van der Waals surface area (Å²) in [7, 11) is 0. The molecule has 1 heterocycles. The Morgan fingerprint density at radius 2 is 2.06 bits per heavy atom. The molecule has 0 aliphatic rings. The summed E-state index contributed by atoms with van der Waals surface area (Å²) in [5.41, 5.74) is 1.90. The molecule has 0 N–H and O–H groups in total. The summed E-state index contributed by atoms with van der Waals surface area (Å²) in [5, 5.41) is 0. The number of benzene rings is 1. The van der Waals surface area contributed by atoms with E-state index in [1.165, 1.54) is 11.3 Å². The fourth-order valence-electron chi connectivity index (χ4n) is 1.41. The van der Waals surface area contributed by atoms with Crippen molar-refractivity contribution in [3.8, 4) is 0 Å². The van der Waals surface area contributed by atoms with Crippen LogP contribution < -0.4 is 0 Å². The van der Waals surface area contributed by atoms with Crippen LogP contribution >= 0.6 is 65.8 Å². The second-order valence-corrected chi connectivity index (χ2v) is 7.80. The zero-order valence-corrected chi connectivity index (χ0v) is 14.9. The first-order chi connectivity index (χ1) is 8.00. The van der Waals surface area contributed by atoms with Crippen LogP contribution in [0.5, 0.6) is 0 Å². The molecule has 17 heavy (non-hydrogen) atoms. The highest BCUT2D eigenvalue weighted by Crippen LogP contribution is 2.34. The van der Waals surface area contributed by atoms with Crippen LogP contribution in [-0.2, 0) is 0 Å². The molecule has 0 radical (unpaired) electrons. The number of ketones is 1. The summed E-state index contributed by atoms with van der Waals surface area (Å²) < 4.78 is 2.90. The van der Waals surface area contributed by atoms with Crippen molar-refractivity contribution in [2.75, 3.05) is 0 Å². The van der Waals surface area contributed by atoms with E-state index < -0.39 is 0 Å². The van der Waals surface area contributed by atoms with Crippen molar-refractivity contribution in [1.29, 1.82) is 0 Å². The molecule has 2 rings (SSSR count). The summed E-state index contributed by atoms with van der Waals surface area (Å²) in [6, 6.07) is 7.66. The lowest BCUT2D eigenvalue weighted by Crippen LogP contribution is -2.02. The molecule has 5 heteroatoms. The maximum absolute atomic E-state index is 12.3. The molecule has 0 bridgehead atoms. The second kappa shape index (κ2) is 5.50. The number of carbonyl (C=O) groups excluding carboxylic acids is 1. The Kier molecular flexibility index (Phi) is 4.44. The van der Waals surface area contributed by atoms with Gasteiger partial charge in [-0.3, -0.25) is 4.79 Å². The van der Waals surface area contributed by atoms with Crippen molar-refractivity contribution in [2.45, 2.75) is 6.92 Å². The molecule has 2 aromatic rings. The van der Waals surface area contributed by atoms with E-state index in [1.54, 1.807) is 0 Å². The number of hydrogen-bond acceptors (Lipinski definition) is 2. The number of rotatable bonds is 2. The standard InChI is InChI=1S/C12H7Br2IOS/c1-6-3-2-4-7(10(6)15)11(16)9-5-8(13)12(14)17-9/h2-5H,1H3. The Hall–Kier alpha value is 0.280. The monoisotopic (exact) mass is 484 g/mol. The van der Waals surface area contributed by atoms with Gasteiger partial charge in [0.05, 0.1) is 8.66 Å². The van der Waals surface area contributed by atoms with Crippen molar-refractivity contribution >= 4 is 71.6 Å². The molecule has 0 amide bonds. The van der Waals surface area contributed by atoms with Gasteiger partial charge in [-0.25, -0.2) is 0 Å². The first-order valence-corrected chi connectivity index (χ1v) is 8.23. The SMILES string of the molecule is Cc1cccc(C(=O)c2cc(Br)c(Br)s2)c1I. The van der Waals surface area contributed by atoms with Gasteiger partial charge in [-0.1, -0.05) is 12.1 Å². The van der Waals surface area contributed by atoms with E-state index in [0.717, 1.165) is 27.8 Å². The maximum Gasteiger partial charge on any atom is 0.204 e. The third kappa shape index (κ3) is 2.83. The smallest absolute Gasteiger partial charge is 0.204 e. The summed E-state index contributed by atoms with van der Waals surface area (Å²) in [5.74, 6) is 0.0782. The van der Waals surface area contributed by atoms with Crippen LogP contribution in [0.3, 0.4) is 0 Å². The Labute approximate surface area is 134 Å². The fraction of sp³-hybridized carbons (Fsp3) is 0.0833. The Bertz CT molecular complexity index is 573. The molecule has 1 aromatic carbocycles. The third-order valence-electron chi connectivity index (χ3n) is 2.31. The molecule has 88 valence electrons. The van der Waals surface area contributed by atoms with E-state index in [4.69, 9.17) is 0 Å². The van der Waals surface area contributed by atoms with Gasteiger partial charge in [0.1, 0.15) is 0 Å². The average Bonchev–Trinajstić information content (AvgIpc) is 2.62. The number of hydrogen-bond donors (Lipinski definition) is 0. The number of thiophene rings is 1. The van der Waals surface area contributed by atoms with E-state index in [0.29, 0.717) is 0 Å². The largest absolute Gasteiger partial charge is 0.288 e. The van der Waals surface area contributed by atoms with Crippen molar-refractivity contribution in [1.82, 2.24) is 0 Å². The van der Waals surface area contributed by atoms with Gasteiger partial charge in [-0.05, 0) is 79.1 Å². The Morgan fingerprint density at radius 3 is 2.65 bits per heavy atom. The molecule has 0 saturated heterocycles. The quantitative estimate of drug-likeness (QED) is 0.410. The van der Waals surface area contributed by atoms with E-state index in [-0.39, 0.29) is 5.78 Å². The molecule has 1 aromatic heterocycles. The molecule has 0 aliphatic heterocycles. The van der Waals surface area contributed by atoms with Gasteiger partial charge in [0.15, 0.2) is 0 Å². The zero-order valence-electron chi connectivity index (χ0n) is 8.76. The zero-order chi connectivity index (χ0) is 12.6. The first-order valence-electron chi connectivity index (χ1n) is 4.75. The van der Waals surface area contributed by atoms with Crippen molar-refractivity contribution in [3.05, 3.63) is 52.1 Å². The van der Waals surface area contributed by atoms with Crippen LogP contribution in [0.1, 0.15) is 20.8 Å². The highest BCUT2D eigenvalue weighted by molar-refractivity contribution is 14.1. The van der Waals surface area contributed by atoms with Gasteiger partial charge in [0, 0.05) is 13.6 Å². The molecule has 0 fully saturated rings. The molecule has 0 saturated carbocycles. The lowest BCUT2D eigenvalue weighted by atomic mass is 10.1. The fourth-order valence-corrected chi connectivity index (χ4v) is 4.01.